The molecule has 0 saturated heterocycles. The smallest absolute Gasteiger partial charge is 0.0638 e. The third-order valence-electron chi connectivity index (χ3n) is 16.2. The molecule has 0 aromatic heterocycles. The predicted molar refractivity (Wildman–Crippen MR) is 408 cm³/mol. The van der Waals surface area contributed by atoms with Gasteiger partial charge in [-0.05, 0) is 5.41 Å². The van der Waals surface area contributed by atoms with Crippen molar-refractivity contribution in [1.82, 2.24) is 0 Å². The van der Waals surface area contributed by atoms with Gasteiger partial charge in [0, 0.05) is 0 Å². The first-order valence-corrected chi connectivity index (χ1v) is 33.3. The van der Waals surface area contributed by atoms with Crippen LogP contribution in [0.1, 0.15) is 106 Å². The van der Waals surface area contributed by atoms with Crippen LogP contribution in [0.2, 0.25) is 5.02 Å². The van der Waals surface area contributed by atoms with E-state index in [1.807, 2.05) is 149 Å². The molecule has 13 rings (SSSR count). The van der Waals surface area contributed by atoms with Crippen LogP contribution in [0.4, 0.5) is 34.1 Å². The van der Waals surface area contributed by atoms with Crippen molar-refractivity contribution < 1.29 is 32.2 Å². The van der Waals surface area contributed by atoms with Crippen LogP contribution in [0, 0.1) is 0 Å². The molecule has 0 heterocycles. The first-order chi connectivity index (χ1) is 54.2. The monoisotopic (exact) mass is 1340 g/mol. The van der Waals surface area contributed by atoms with Crippen molar-refractivity contribution in [1.29, 1.82) is 0 Å². The Kier molecular flexibility index (Phi) is 12.6. The van der Waals surface area contributed by atoms with Crippen LogP contribution in [0.25, 0.3) is 66.8 Å². The summed E-state index contributed by atoms with van der Waals surface area (Å²) >= 11 is 5.86. The molecule has 5 heteroatoms. The number of ether oxygens (including phenoxy) is 1. The minimum atomic E-state index is -1.34. The molecule has 0 saturated carbocycles. The maximum absolute atomic E-state index is 11.2. The molecule has 0 aliphatic rings. The zero-order valence-electron chi connectivity index (χ0n) is 74.1. The minimum absolute atomic E-state index is 0.0446. The molecule has 0 unspecified atom stereocenters. The summed E-state index contributed by atoms with van der Waals surface area (Å²) in [5, 5.41) is -0.275. The van der Waals surface area contributed by atoms with Gasteiger partial charge in [-0.1, -0.05) is 57.2 Å². The van der Waals surface area contributed by atoms with Crippen LogP contribution in [0.3, 0.4) is 0 Å². The Morgan fingerprint density at radius 3 is 1.18 bits per heavy atom. The Bertz CT molecular complexity index is 5890. The topological polar surface area (TPSA) is 15.7 Å². The molecule has 0 spiro atoms. The van der Waals surface area contributed by atoms with E-state index in [1.165, 1.54) is 18.2 Å². The standard InChI is InChI=1S/C90H79ClN2OSe/c1-88(2,3)70-51-75(92(74-42-28-41-73(91)57-74)86-82(66-33-20-12-21-34-66)53-71(89(4,5)6)54-83(86)67-35-22-13-23-36-67)58-76(52-70)93(87-84(68-37-24-14-25-38-68)55-72(90(7,8)9)56-85(87)69-39-26-15-27-40-69)77-59-79(94-78-47-43-64(44-48-78)62-29-16-10-17-30-62)61-81(60-77)95-80-49-45-65(46-50-80)63-31-18-11-19-32-63/h10-61H,1-9H3/i10D,11D,16D,17D,18D,19D,28D,29D,30D,31D,32D,41D,43D,44D,45D,46D,47D,49D,57D,60D. The van der Waals surface area contributed by atoms with E-state index < -0.39 is 150 Å². The molecule has 0 N–H and O–H groups in total. The summed E-state index contributed by atoms with van der Waals surface area (Å²) < 4.78 is 191. The number of rotatable bonds is 16. The summed E-state index contributed by atoms with van der Waals surface area (Å²) in [7, 11) is 0. The van der Waals surface area contributed by atoms with Gasteiger partial charge < -0.3 is 0 Å². The molecule has 0 aliphatic heterocycles. The van der Waals surface area contributed by atoms with Gasteiger partial charge in [-0.2, -0.15) is 0 Å². The van der Waals surface area contributed by atoms with E-state index in [4.69, 9.17) is 31.4 Å². The van der Waals surface area contributed by atoms with E-state index in [-0.39, 0.29) is 60.8 Å². The number of benzene rings is 13. The predicted octanol–water partition coefficient (Wildman–Crippen LogP) is 24.6. The molecule has 13 aromatic carbocycles. The van der Waals surface area contributed by atoms with Crippen molar-refractivity contribution >= 4 is 69.6 Å². The van der Waals surface area contributed by atoms with Gasteiger partial charge in [0.2, 0.25) is 0 Å². The Hall–Kier alpha value is -9.93. The average Bonchev–Trinajstić information content (AvgIpc) is 0.731. The number of hydrogen-bond donors (Lipinski definition) is 0. The van der Waals surface area contributed by atoms with E-state index in [1.54, 1.807) is 6.07 Å². The van der Waals surface area contributed by atoms with Crippen LogP contribution in [0.5, 0.6) is 11.5 Å². The summed E-state index contributed by atoms with van der Waals surface area (Å²) in [6, 6.07) is 49.0. The molecule has 0 radical (unpaired) electrons. The first-order valence-electron chi connectivity index (χ1n) is 41.2. The number of halogens is 1. The fourth-order valence-corrected chi connectivity index (χ4v) is 13.1. The van der Waals surface area contributed by atoms with Crippen molar-refractivity contribution in [3.63, 3.8) is 0 Å². The van der Waals surface area contributed by atoms with E-state index in [0.29, 0.717) is 39.4 Å². The van der Waals surface area contributed by atoms with Gasteiger partial charge in [0.05, 0.1) is 2.74 Å². The van der Waals surface area contributed by atoms with Crippen molar-refractivity contribution in [3.05, 3.63) is 337 Å². The Morgan fingerprint density at radius 1 is 0.316 bits per heavy atom. The van der Waals surface area contributed by atoms with E-state index in [9.17, 15) is 12.3 Å². The third-order valence-corrected chi connectivity index (χ3v) is 18.2. The van der Waals surface area contributed by atoms with E-state index >= 15 is 0 Å². The molecule has 0 bridgehead atoms. The molecular weight excluding hydrogens is 1240 g/mol. The molecule has 3 nitrogen and oxygen atoms in total. The molecule has 13 aromatic rings. The summed E-state index contributed by atoms with van der Waals surface area (Å²) in [6.45, 7) is 18.9. The Balaban J connectivity index is 1.21. The zero-order chi connectivity index (χ0) is 83.3. The molecule has 95 heavy (non-hydrogen) atoms. The normalized spacial score (nSPS) is 14.7. The first kappa shape index (κ1) is 43.9. The van der Waals surface area contributed by atoms with Gasteiger partial charge in [0.1, 0.15) is 0 Å². The van der Waals surface area contributed by atoms with Gasteiger partial charge >= 0.3 is 540 Å². The van der Waals surface area contributed by atoms with Crippen molar-refractivity contribution in [2.75, 3.05) is 9.80 Å². The van der Waals surface area contributed by atoms with Gasteiger partial charge in [-0.3, -0.25) is 0 Å². The quantitative estimate of drug-likeness (QED) is 0.0897. The molecule has 0 amide bonds. The number of hydrogen-bond acceptors (Lipinski definition) is 3. The van der Waals surface area contributed by atoms with Crippen molar-refractivity contribution in [2.24, 2.45) is 0 Å². The zero-order valence-corrected chi connectivity index (χ0v) is 56.5. The summed E-state index contributed by atoms with van der Waals surface area (Å²) in [5.74, 6) is -0.523. The van der Waals surface area contributed by atoms with Gasteiger partial charge in [0.25, 0.3) is 0 Å². The van der Waals surface area contributed by atoms with Crippen LogP contribution in [0.15, 0.2) is 315 Å². The molecule has 0 aliphatic carbocycles. The summed E-state index contributed by atoms with van der Waals surface area (Å²) in [6.07, 6.45) is 0. The number of nitrogens with zero attached hydrogens (tertiary/aromatic N) is 2. The van der Waals surface area contributed by atoms with Gasteiger partial charge in [-0.15, -0.1) is 0 Å². The SMILES string of the molecule is [2H]c1cc(N(c2cc(N(c3cc(Oc4cc([2H])c(-c5c([2H])c([2H])c([2H])c([2H])c5[2H])c([2H])c4[2H])cc([Se]c4cc([2H])c(-c5c([2H])c([2H])c([2H])c([2H])c5[2H])c([2H])c4[2H])c3[2H])c3c(-c4ccccc4)cc(C(C)(C)C)cc3-c3ccccc3)cc(C(C)(C)C)c2)c2c(-c3ccccc3)cc(C(C)(C)C)cc2-c2ccccc2)c([2H])c(Cl)c1[2H]. The van der Waals surface area contributed by atoms with Crippen LogP contribution < -0.4 is 23.5 Å². The van der Waals surface area contributed by atoms with Crippen molar-refractivity contribution in [2.45, 2.75) is 78.6 Å². The Labute approximate surface area is 602 Å². The minimum Gasteiger partial charge on any atom is 0.0638 e. The van der Waals surface area contributed by atoms with Crippen LogP contribution >= 0.6 is 11.6 Å². The molecule has 0 atom stereocenters. The summed E-state index contributed by atoms with van der Waals surface area (Å²) in [4.78, 5) is 3.86. The van der Waals surface area contributed by atoms with Gasteiger partial charge in [0.15, 0.2) is 0 Å². The number of anilines is 6. The van der Waals surface area contributed by atoms with Gasteiger partial charge in [-0.25, -0.2) is 0 Å². The Morgan fingerprint density at radius 2 is 0.726 bits per heavy atom. The molecule has 468 valence electrons. The molecule has 0 fully saturated rings. The average molecular weight is 1340 g/mol. The van der Waals surface area contributed by atoms with Crippen molar-refractivity contribution in [3.8, 4) is 78.3 Å². The van der Waals surface area contributed by atoms with E-state index in [2.05, 4.69) is 86.6 Å². The summed E-state index contributed by atoms with van der Waals surface area (Å²) in [5.41, 5.74) is 7.02. The maximum atomic E-state index is 11.2. The second-order valence-corrected chi connectivity index (χ2v) is 28.7. The van der Waals surface area contributed by atoms with E-state index in [0.717, 1.165) is 50.6 Å². The molecular formula is C90H79ClN2OSe. The van der Waals surface area contributed by atoms with Crippen LogP contribution in [-0.4, -0.2) is 15.0 Å². The van der Waals surface area contributed by atoms with Crippen LogP contribution in [-0.2, 0) is 16.2 Å². The fraction of sp³-hybridized carbons (Fsp3) is 0.133. The third kappa shape index (κ3) is 14.4. The second kappa shape index (κ2) is 27.2. The second-order valence-electron chi connectivity index (χ2n) is 26.0. The fourth-order valence-electron chi connectivity index (χ4n) is 11.3.